The van der Waals surface area contributed by atoms with Crippen LogP contribution in [0.4, 0.5) is 10.5 Å². The van der Waals surface area contributed by atoms with E-state index >= 15 is 0 Å². The largest absolute Gasteiger partial charge is 0.496 e. The number of ether oxygens (including phenoxy) is 3. The zero-order valence-corrected chi connectivity index (χ0v) is 12.9. The molecule has 0 fully saturated rings. The molecule has 6 nitrogen and oxygen atoms in total. The van der Waals surface area contributed by atoms with Gasteiger partial charge >= 0.3 is 12.1 Å². The Morgan fingerprint density at radius 1 is 1.04 bits per heavy atom. The first-order valence-electron chi connectivity index (χ1n) is 6.88. The Morgan fingerprint density at radius 3 is 2.43 bits per heavy atom. The SMILES string of the molecule is COC(=O)c1ccc(NC(=O)OCc2ccccc2)cc1OC. The van der Waals surface area contributed by atoms with Gasteiger partial charge in [-0.1, -0.05) is 30.3 Å². The standard InChI is InChI=1S/C17H17NO5/c1-21-15-10-13(8-9-14(15)16(19)22-2)18-17(20)23-11-12-6-4-3-5-7-12/h3-10H,11H2,1-2H3,(H,18,20). The number of hydrogen-bond acceptors (Lipinski definition) is 5. The summed E-state index contributed by atoms with van der Waals surface area (Å²) in [5.74, 6) is -0.210. The summed E-state index contributed by atoms with van der Waals surface area (Å²) >= 11 is 0. The molecule has 0 aliphatic heterocycles. The van der Waals surface area contributed by atoms with E-state index in [0.717, 1.165) is 5.56 Å². The van der Waals surface area contributed by atoms with Crippen LogP contribution in [0.15, 0.2) is 48.5 Å². The van der Waals surface area contributed by atoms with Gasteiger partial charge in [-0.15, -0.1) is 0 Å². The molecule has 1 amide bonds. The molecule has 0 aromatic heterocycles. The van der Waals surface area contributed by atoms with E-state index in [1.54, 1.807) is 6.07 Å². The molecule has 23 heavy (non-hydrogen) atoms. The van der Waals surface area contributed by atoms with Gasteiger partial charge < -0.3 is 14.2 Å². The Balaban J connectivity index is 1.99. The Bertz CT molecular complexity index is 685. The molecular formula is C17H17NO5. The maximum absolute atomic E-state index is 11.8. The lowest BCUT2D eigenvalue weighted by Gasteiger charge is -2.10. The zero-order valence-electron chi connectivity index (χ0n) is 12.9. The lowest BCUT2D eigenvalue weighted by atomic mass is 10.2. The molecule has 0 spiro atoms. The van der Waals surface area contributed by atoms with Crippen molar-refractivity contribution in [2.75, 3.05) is 19.5 Å². The van der Waals surface area contributed by atoms with E-state index in [2.05, 4.69) is 10.1 Å². The molecule has 0 aliphatic rings. The minimum absolute atomic E-state index is 0.171. The molecular weight excluding hydrogens is 298 g/mol. The Hall–Kier alpha value is -3.02. The van der Waals surface area contributed by atoms with Crippen LogP contribution in [0.25, 0.3) is 0 Å². The molecule has 0 unspecified atom stereocenters. The third-order valence-electron chi connectivity index (χ3n) is 3.07. The summed E-state index contributed by atoms with van der Waals surface area (Å²) in [5.41, 5.74) is 1.62. The van der Waals surface area contributed by atoms with E-state index in [4.69, 9.17) is 9.47 Å². The van der Waals surface area contributed by atoms with Crippen LogP contribution in [0.5, 0.6) is 5.75 Å². The highest BCUT2D eigenvalue weighted by molar-refractivity contribution is 5.94. The molecule has 2 aromatic rings. The quantitative estimate of drug-likeness (QED) is 0.858. The van der Waals surface area contributed by atoms with E-state index in [-0.39, 0.29) is 12.2 Å². The van der Waals surface area contributed by atoms with Crippen molar-refractivity contribution in [3.8, 4) is 5.75 Å². The van der Waals surface area contributed by atoms with E-state index in [1.807, 2.05) is 30.3 Å². The molecule has 0 bridgehead atoms. The number of carbonyl (C=O) groups excluding carboxylic acids is 2. The number of hydrogen-bond donors (Lipinski definition) is 1. The lowest BCUT2D eigenvalue weighted by Crippen LogP contribution is -2.14. The highest BCUT2D eigenvalue weighted by Gasteiger charge is 2.14. The maximum atomic E-state index is 11.8. The Labute approximate surface area is 134 Å². The zero-order chi connectivity index (χ0) is 16.7. The molecule has 0 heterocycles. The lowest BCUT2D eigenvalue weighted by molar-refractivity contribution is 0.0597. The van der Waals surface area contributed by atoms with Gasteiger partial charge in [0.2, 0.25) is 0 Å². The summed E-state index contributed by atoms with van der Waals surface area (Å²) in [6, 6.07) is 14.0. The Kier molecular flexibility index (Phi) is 5.57. The smallest absolute Gasteiger partial charge is 0.411 e. The molecule has 0 aliphatic carbocycles. The van der Waals surface area contributed by atoms with E-state index in [0.29, 0.717) is 11.4 Å². The van der Waals surface area contributed by atoms with Crippen molar-refractivity contribution in [1.82, 2.24) is 0 Å². The summed E-state index contributed by atoms with van der Waals surface area (Å²) in [6.45, 7) is 0.171. The van der Waals surface area contributed by atoms with Gasteiger partial charge in [0.25, 0.3) is 0 Å². The minimum atomic E-state index is -0.596. The van der Waals surface area contributed by atoms with Crippen LogP contribution in [0.3, 0.4) is 0 Å². The monoisotopic (exact) mass is 315 g/mol. The second kappa shape index (κ2) is 7.84. The topological polar surface area (TPSA) is 73.9 Å². The van der Waals surface area contributed by atoms with Crippen molar-refractivity contribution < 1.29 is 23.8 Å². The number of amides is 1. The fraction of sp³-hybridized carbons (Fsp3) is 0.176. The first-order valence-corrected chi connectivity index (χ1v) is 6.88. The van der Waals surface area contributed by atoms with Crippen LogP contribution < -0.4 is 10.1 Å². The summed E-state index contributed by atoms with van der Waals surface area (Å²) < 4.78 is 14.9. The van der Waals surface area contributed by atoms with E-state index in [9.17, 15) is 9.59 Å². The molecule has 6 heteroatoms. The van der Waals surface area contributed by atoms with Crippen molar-refractivity contribution in [2.24, 2.45) is 0 Å². The number of nitrogens with one attached hydrogen (secondary N) is 1. The molecule has 0 atom stereocenters. The van der Waals surface area contributed by atoms with Crippen LogP contribution in [-0.2, 0) is 16.1 Å². The van der Waals surface area contributed by atoms with Crippen LogP contribution in [0, 0.1) is 0 Å². The number of rotatable bonds is 5. The molecule has 2 aromatic carbocycles. The average molecular weight is 315 g/mol. The average Bonchev–Trinajstić information content (AvgIpc) is 2.60. The van der Waals surface area contributed by atoms with Gasteiger partial charge in [0.1, 0.15) is 17.9 Å². The van der Waals surface area contributed by atoms with E-state index < -0.39 is 12.1 Å². The minimum Gasteiger partial charge on any atom is -0.496 e. The number of carbonyl (C=O) groups is 2. The molecule has 2 rings (SSSR count). The second-order valence-electron chi connectivity index (χ2n) is 4.59. The highest BCUT2D eigenvalue weighted by Crippen LogP contribution is 2.24. The van der Waals surface area contributed by atoms with Crippen molar-refractivity contribution in [3.05, 3.63) is 59.7 Å². The van der Waals surface area contributed by atoms with Crippen LogP contribution in [0.1, 0.15) is 15.9 Å². The van der Waals surface area contributed by atoms with Gasteiger partial charge in [-0.05, 0) is 17.7 Å². The second-order valence-corrected chi connectivity index (χ2v) is 4.59. The number of methoxy groups -OCH3 is 2. The van der Waals surface area contributed by atoms with Crippen molar-refractivity contribution >= 4 is 17.7 Å². The summed E-state index contributed by atoms with van der Waals surface area (Å²) in [7, 11) is 2.72. The van der Waals surface area contributed by atoms with Gasteiger partial charge in [0.05, 0.1) is 14.2 Å². The number of esters is 1. The molecule has 0 saturated carbocycles. The molecule has 120 valence electrons. The van der Waals surface area contributed by atoms with Crippen molar-refractivity contribution in [1.29, 1.82) is 0 Å². The third kappa shape index (κ3) is 4.47. The maximum Gasteiger partial charge on any atom is 0.411 e. The van der Waals surface area contributed by atoms with Gasteiger partial charge in [-0.25, -0.2) is 9.59 Å². The van der Waals surface area contributed by atoms with E-state index in [1.165, 1.54) is 26.4 Å². The van der Waals surface area contributed by atoms with Crippen molar-refractivity contribution in [2.45, 2.75) is 6.61 Å². The summed E-state index contributed by atoms with van der Waals surface area (Å²) in [6.07, 6.45) is -0.596. The summed E-state index contributed by atoms with van der Waals surface area (Å²) in [5, 5.41) is 2.58. The predicted molar refractivity (Wildman–Crippen MR) is 84.6 cm³/mol. The molecule has 0 saturated heterocycles. The number of benzene rings is 2. The highest BCUT2D eigenvalue weighted by atomic mass is 16.5. The first-order chi connectivity index (χ1) is 11.1. The normalized spacial score (nSPS) is 9.83. The van der Waals surface area contributed by atoms with Crippen LogP contribution in [0.2, 0.25) is 0 Å². The Morgan fingerprint density at radius 2 is 1.78 bits per heavy atom. The van der Waals surface area contributed by atoms with Gasteiger partial charge in [-0.3, -0.25) is 5.32 Å². The predicted octanol–water partition coefficient (Wildman–Crippen LogP) is 3.23. The number of anilines is 1. The van der Waals surface area contributed by atoms with Gasteiger partial charge in [0.15, 0.2) is 0 Å². The van der Waals surface area contributed by atoms with Gasteiger partial charge in [-0.2, -0.15) is 0 Å². The van der Waals surface area contributed by atoms with Gasteiger partial charge in [0, 0.05) is 11.8 Å². The fourth-order valence-corrected chi connectivity index (χ4v) is 1.92. The summed E-state index contributed by atoms with van der Waals surface area (Å²) in [4.78, 5) is 23.4. The fourth-order valence-electron chi connectivity index (χ4n) is 1.92. The molecule has 1 N–H and O–H groups in total. The van der Waals surface area contributed by atoms with Crippen LogP contribution >= 0.6 is 0 Å². The van der Waals surface area contributed by atoms with Crippen LogP contribution in [-0.4, -0.2) is 26.3 Å². The third-order valence-corrected chi connectivity index (χ3v) is 3.07. The van der Waals surface area contributed by atoms with Crippen molar-refractivity contribution in [3.63, 3.8) is 0 Å². The first kappa shape index (κ1) is 16.4. The molecule has 0 radical (unpaired) electrons.